The Labute approximate surface area is 132 Å². The molecular weight excluding hydrogens is 318 g/mol. The Morgan fingerprint density at radius 3 is 2.45 bits per heavy atom. The zero-order chi connectivity index (χ0) is 16.9. The van der Waals surface area contributed by atoms with Gasteiger partial charge in [-0.05, 0) is 18.2 Å². The van der Waals surface area contributed by atoms with Crippen LogP contribution in [0.2, 0.25) is 5.02 Å². The summed E-state index contributed by atoms with van der Waals surface area (Å²) < 4.78 is 28.4. The number of amides is 2. The minimum absolute atomic E-state index is 0.0585. The Balaban J connectivity index is 2.58. The molecule has 0 aromatic heterocycles. The SMILES string of the molecule is CC(C)(C)C(=O)NCC(=O)Nc1ccc(OC(F)F)c(Cl)c1. The van der Waals surface area contributed by atoms with Crippen LogP contribution in [-0.2, 0) is 9.59 Å². The number of carbonyl (C=O) groups is 2. The van der Waals surface area contributed by atoms with Crippen molar-refractivity contribution in [3.05, 3.63) is 23.2 Å². The number of hydrogen-bond donors (Lipinski definition) is 2. The van der Waals surface area contributed by atoms with E-state index in [2.05, 4.69) is 15.4 Å². The first-order valence-electron chi connectivity index (χ1n) is 6.42. The molecule has 0 atom stereocenters. The third-order valence-corrected chi connectivity index (χ3v) is 2.82. The van der Waals surface area contributed by atoms with Crippen molar-refractivity contribution < 1.29 is 23.1 Å². The topological polar surface area (TPSA) is 67.4 Å². The van der Waals surface area contributed by atoms with Crippen LogP contribution in [0.5, 0.6) is 5.75 Å². The molecule has 0 saturated carbocycles. The fraction of sp³-hybridized carbons (Fsp3) is 0.429. The van der Waals surface area contributed by atoms with Crippen molar-refractivity contribution in [2.24, 2.45) is 5.41 Å². The van der Waals surface area contributed by atoms with Gasteiger partial charge < -0.3 is 15.4 Å². The quantitative estimate of drug-likeness (QED) is 0.869. The Bertz CT molecular complexity index is 560. The van der Waals surface area contributed by atoms with Crippen LogP contribution in [0.3, 0.4) is 0 Å². The van der Waals surface area contributed by atoms with Crippen molar-refractivity contribution in [2.45, 2.75) is 27.4 Å². The van der Waals surface area contributed by atoms with Gasteiger partial charge >= 0.3 is 6.61 Å². The number of carbonyl (C=O) groups excluding carboxylic acids is 2. The summed E-state index contributed by atoms with van der Waals surface area (Å²) in [6.07, 6.45) is 0. The van der Waals surface area contributed by atoms with E-state index in [1.165, 1.54) is 18.2 Å². The van der Waals surface area contributed by atoms with Crippen molar-refractivity contribution in [3.63, 3.8) is 0 Å². The number of nitrogens with one attached hydrogen (secondary N) is 2. The monoisotopic (exact) mass is 334 g/mol. The lowest BCUT2D eigenvalue weighted by Crippen LogP contribution is -2.39. The van der Waals surface area contributed by atoms with E-state index in [9.17, 15) is 18.4 Å². The van der Waals surface area contributed by atoms with Crippen molar-refractivity contribution in [1.82, 2.24) is 5.32 Å². The Morgan fingerprint density at radius 2 is 1.95 bits per heavy atom. The highest BCUT2D eigenvalue weighted by Gasteiger charge is 2.21. The van der Waals surface area contributed by atoms with Crippen molar-refractivity contribution in [1.29, 1.82) is 0 Å². The molecule has 0 aliphatic heterocycles. The number of halogens is 3. The van der Waals surface area contributed by atoms with E-state index in [1.54, 1.807) is 20.8 Å². The Kier molecular flexibility index (Phi) is 6.11. The van der Waals surface area contributed by atoms with E-state index in [-0.39, 0.29) is 23.2 Å². The van der Waals surface area contributed by atoms with Crippen LogP contribution in [0.25, 0.3) is 0 Å². The molecule has 0 heterocycles. The molecule has 0 saturated heterocycles. The second-order valence-corrected chi connectivity index (χ2v) is 5.91. The van der Waals surface area contributed by atoms with E-state index in [4.69, 9.17) is 11.6 Å². The van der Waals surface area contributed by atoms with Gasteiger partial charge in [-0.3, -0.25) is 9.59 Å². The standard InChI is InChI=1S/C14H17ClF2N2O3/c1-14(2,3)12(21)18-7-11(20)19-8-4-5-10(9(15)6-8)22-13(16)17/h4-6,13H,7H2,1-3H3,(H,18,21)(H,19,20). The zero-order valence-electron chi connectivity index (χ0n) is 12.4. The highest BCUT2D eigenvalue weighted by atomic mass is 35.5. The lowest BCUT2D eigenvalue weighted by atomic mass is 9.96. The number of benzene rings is 1. The normalized spacial score (nSPS) is 11.2. The van der Waals surface area contributed by atoms with Gasteiger partial charge in [-0.25, -0.2) is 0 Å². The van der Waals surface area contributed by atoms with Gasteiger partial charge in [0, 0.05) is 11.1 Å². The van der Waals surface area contributed by atoms with Gasteiger partial charge in [0.05, 0.1) is 11.6 Å². The fourth-order valence-electron chi connectivity index (χ4n) is 1.40. The highest BCUT2D eigenvalue weighted by Crippen LogP contribution is 2.28. The molecule has 0 unspecified atom stereocenters. The van der Waals surface area contributed by atoms with E-state index >= 15 is 0 Å². The summed E-state index contributed by atoms with van der Waals surface area (Å²) in [5.74, 6) is -0.909. The second kappa shape index (κ2) is 7.40. The predicted octanol–water partition coefficient (Wildman–Crippen LogP) is 3.04. The lowest BCUT2D eigenvalue weighted by Gasteiger charge is -2.17. The van der Waals surface area contributed by atoms with Gasteiger partial charge in [0.2, 0.25) is 11.8 Å². The number of alkyl halides is 2. The molecule has 0 aliphatic rings. The molecule has 1 aromatic carbocycles. The summed E-state index contributed by atoms with van der Waals surface area (Å²) in [5.41, 5.74) is -0.292. The van der Waals surface area contributed by atoms with Gasteiger partial charge in [-0.1, -0.05) is 32.4 Å². The summed E-state index contributed by atoms with van der Waals surface area (Å²) in [7, 11) is 0. The smallest absolute Gasteiger partial charge is 0.387 e. The molecule has 0 radical (unpaired) electrons. The van der Waals surface area contributed by atoms with Gasteiger partial charge in [0.1, 0.15) is 5.75 Å². The summed E-state index contributed by atoms with van der Waals surface area (Å²) in [6, 6.07) is 3.87. The molecule has 0 bridgehead atoms. The largest absolute Gasteiger partial charge is 0.433 e. The van der Waals surface area contributed by atoms with E-state index < -0.39 is 17.9 Å². The second-order valence-electron chi connectivity index (χ2n) is 5.50. The molecule has 0 aliphatic carbocycles. The first kappa shape index (κ1) is 18.2. The molecule has 1 aromatic rings. The third-order valence-electron chi connectivity index (χ3n) is 2.52. The van der Waals surface area contributed by atoms with Crippen LogP contribution in [0.15, 0.2) is 18.2 Å². The van der Waals surface area contributed by atoms with Crippen LogP contribution in [-0.4, -0.2) is 25.0 Å². The van der Waals surface area contributed by atoms with Gasteiger partial charge in [-0.2, -0.15) is 8.78 Å². The number of ether oxygens (including phenoxy) is 1. The average Bonchev–Trinajstić information content (AvgIpc) is 2.37. The van der Waals surface area contributed by atoms with E-state index in [0.29, 0.717) is 5.69 Å². The molecule has 122 valence electrons. The van der Waals surface area contributed by atoms with Gasteiger partial charge in [0.15, 0.2) is 0 Å². The minimum atomic E-state index is -2.98. The molecule has 8 heteroatoms. The summed E-state index contributed by atoms with van der Waals surface area (Å²) >= 11 is 5.76. The first-order valence-corrected chi connectivity index (χ1v) is 6.80. The molecule has 22 heavy (non-hydrogen) atoms. The molecule has 1 rings (SSSR count). The van der Waals surface area contributed by atoms with Crippen molar-refractivity contribution in [2.75, 3.05) is 11.9 Å². The molecule has 0 fully saturated rings. The van der Waals surface area contributed by atoms with E-state index in [0.717, 1.165) is 0 Å². The molecular formula is C14H17ClF2N2O3. The summed E-state index contributed by atoms with van der Waals surface area (Å²) in [5, 5.41) is 4.92. The predicted molar refractivity (Wildman–Crippen MR) is 79.2 cm³/mol. The molecule has 2 amide bonds. The third kappa shape index (κ3) is 5.85. The Morgan fingerprint density at radius 1 is 1.32 bits per heavy atom. The highest BCUT2D eigenvalue weighted by molar-refractivity contribution is 6.32. The Hall–Kier alpha value is -1.89. The first-order chi connectivity index (χ1) is 10.1. The van der Waals surface area contributed by atoms with Crippen LogP contribution >= 0.6 is 11.6 Å². The molecule has 2 N–H and O–H groups in total. The zero-order valence-corrected chi connectivity index (χ0v) is 13.1. The van der Waals surface area contributed by atoms with Crippen molar-refractivity contribution in [3.8, 4) is 5.75 Å². The minimum Gasteiger partial charge on any atom is -0.433 e. The molecule has 5 nitrogen and oxygen atoms in total. The maximum absolute atomic E-state index is 12.1. The maximum atomic E-state index is 12.1. The maximum Gasteiger partial charge on any atom is 0.387 e. The fourth-order valence-corrected chi connectivity index (χ4v) is 1.63. The van der Waals surface area contributed by atoms with E-state index in [1.807, 2.05) is 0 Å². The summed E-state index contributed by atoms with van der Waals surface area (Å²) in [6.45, 7) is 1.99. The van der Waals surface area contributed by atoms with Gasteiger partial charge in [0.25, 0.3) is 0 Å². The van der Waals surface area contributed by atoms with Crippen LogP contribution in [0.1, 0.15) is 20.8 Å². The number of anilines is 1. The average molecular weight is 335 g/mol. The van der Waals surface area contributed by atoms with Crippen molar-refractivity contribution >= 4 is 29.1 Å². The molecule has 0 spiro atoms. The number of rotatable bonds is 5. The van der Waals surface area contributed by atoms with Crippen LogP contribution in [0.4, 0.5) is 14.5 Å². The van der Waals surface area contributed by atoms with Gasteiger partial charge in [-0.15, -0.1) is 0 Å². The van der Waals surface area contributed by atoms with Crippen LogP contribution in [0, 0.1) is 5.41 Å². The van der Waals surface area contributed by atoms with Crippen LogP contribution < -0.4 is 15.4 Å². The summed E-state index contributed by atoms with van der Waals surface area (Å²) in [4.78, 5) is 23.3. The lowest BCUT2D eigenvalue weighted by molar-refractivity contribution is -0.130. The number of hydrogen-bond acceptors (Lipinski definition) is 3.